The molecule has 1 aliphatic heterocycles. The molecule has 1 saturated carbocycles. The van der Waals surface area contributed by atoms with Gasteiger partial charge in [-0.25, -0.2) is 0 Å². The summed E-state index contributed by atoms with van der Waals surface area (Å²) in [5.74, 6) is 0.841. The highest BCUT2D eigenvalue weighted by Gasteiger charge is 2.37. The summed E-state index contributed by atoms with van der Waals surface area (Å²) in [4.78, 5) is 2.45. The predicted molar refractivity (Wildman–Crippen MR) is 88.5 cm³/mol. The summed E-state index contributed by atoms with van der Waals surface area (Å²) < 4.78 is 6.09. The van der Waals surface area contributed by atoms with Gasteiger partial charge in [-0.2, -0.15) is 0 Å². The molecule has 0 unspecified atom stereocenters. The van der Waals surface area contributed by atoms with Crippen LogP contribution in [0.3, 0.4) is 0 Å². The number of benzene rings is 1. The van der Waals surface area contributed by atoms with Gasteiger partial charge in [0.25, 0.3) is 0 Å². The normalized spacial score (nSPS) is 23.4. The van der Waals surface area contributed by atoms with Gasteiger partial charge < -0.3 is 9.64 Å². The smallest absolute Gasteiger partial charge is 0.121 e. The van der Waals surface area contributed by atoms with Gasteiger partial charge in [-0.1, -0.05) is 23.2 Å². The van der Waals surface area contributed by atoms with Crippen LogP contribution in [-0.2, 0) is 0 Å². The predicted octanol–water partition coefficient (Wildman–Crippen LogP) is 5.03. The van der Waals surface area contributed by atoms with Crippen LogP contribution in [0.15, 0.2) is 18.2 Å². The molecule has 1 heterocycles. The lowest BCUT2D eigenvalue weighted by molar-refractivity contribution is 0.0327. The van der Waals surface area contributed by atoms with Crippen molar-refractivity contribution in [3.8, 4) is 5.75 Å². The molecule has 3 rings (SSSR count). The number of nitrogens with zero attached hydrogens (tertiary/aromatic N) is 1. The Kier molecular flexibility index (Phi) is 4.68. The molecular weight excluding hydrogens is 305 g/mol. The maximum atomic E-state index is 6.09. The molecule has 0 amide bonds. The van der Waals surface area contributed by atoms with Crippen LogP contribution in [0.4, 0.5) is 0 Å². The molecule has 1 aliphatic carbocycles. The number of halogens is 2. The minimum Gasteiger partial charge on any atom is -0.490 e. The van der Waals surface area contributed by atoms with Crippen molar-refractivity contribution in [2.75, 3.05) is 20.1 Å². The number of ether oxygens (including phenoxy) is 1. The quantitative estimate of drug-likeness (QED) is 0.755. The Labute approximate surface area is 137 Å². The Morgan fingerprint density at radius 2 is 1.71 bits per heavy atom. The summed E-state index contributed by atoms with van der Waals surface area (Å²) in [6, 6.07) is 5.54. The number of hydrogen-bond donors (Lipinski definition) is 0. The SMILES string of the molecule is CN1CCC2(CCC(Oc3ccc(Cl)c(Cl)c3)CC2)CC1. The molecule has 1 spiro atoms. The topological polar surface area (TPSA) is 12.5 Å². The Hall–Kier alpha value is -0.440. The van der Waals surface area contributed by atoms with E-state index in [1.54, 1.807) is 6.07 Å². The van der Waals surface area contributed by atoms with E-state index in [0.29, 0.717) is 21.6 Å². The zero-order chi connectivity index (χ0) is 14.9. The minimum absolute atomic E-state index is 0.326. The third kappa shape index (κ3) is 3.67. The van der Waals surface area contributed by atoms with Crippen LogP contribution in [-0.4, -0.2) is 31.1 Å². The van der Waals surface area contributed by atoms with E-state index >= 15 is 0 Å². The molecule has 0 aromatic heterocycles. The molecule has 1 saturated heterocycles. The molecule has 0 bridgehead atoms. The zero-order valence-electron chi connectivity index (χ0n) is 12.6. The van der Waals surface area contributed by atoms with Crippen molar-refractivity contribution in [3.05, 3.63) is 28.2 Å². The largest absolute Gasteiger partial charge is 0.490 e. The molecule has 21 heavy (non-hydrogen) atoms. The van der Waals surface area contributed by atoms with E-state index in [0.717, 1.165) is 18.6 Å². The van der Waals surface area contributed by atoms with E-state index in [2.05, 4.69) is 11.9 Å². The van der Waals surface area contributed by atoms with Crippen molar-refractivity contribution in [2.45, 2.75) is 44.6 Å². The van der Waals surface area contributed by atoms with Gasteiger partial charge in [-0.05, 0) is 76.2 Å². The summed E-state index contributed by atoms with van der Waals surface area (Å²) in [7, 11) is 2.23. The van der Waals surface area contributed by atoms with Gasteiger partial charge in [0, 0.05) is 6.07 Å². The lowest BCUT2D eigenvalue weighted by Crippen LogP contribution is -2.41. The standard InChI is InChI=1S/C17H23Cl2NO/c1-20-10-8-17(9-11-20)6-4-13(5-7-17)21-14-2-3-15(18)16(19)12-14/h2-3,12-13H,4-11H2,1H3. The number of rotatable bonds is 2. The van der Waals surface area contributed by atoms with Gasteiger partial charge in [-0.3, -0.25) is 0 Å². The lowest BCUT2D eigenvalue weighted by atomic mass is 9.67. The Morgan fingerprint density at radius 3 is 2.33 bits per heavy atom. The fourth-order valence-corrected chi connectivity index (χ4v) is 3.95. The molecule has 2 aliphatic rings. The first-order valence-corrected chi connectivity index (χ1v) is 8.62. The van der Waals surface area contributed by atoms with Crippen molar-refractivity contribution in [2.24, 2.45) is 5.41 Å². The fraction of sp³-hybridized carbons (Fsp3) is 0.647. The van der Waals surface area contributed by atoms with Gasteiger partial charge in [-0.15, -0.1) is 0 Å². The van der Waals surface area contributed by atoms with E-state index in [4.69, 9.17) is 27.9 Å². The fourth-order valence-electron chi connectivity index (χ4n) is 3.66. The van der Waals surface area contributed by atoms with Gasteiger partial charge >= 0.3 is 0 Å². The maximum absolute atomic E-state index is 6.09. The third-order valence-corrected chi connectivity index (χ3v) is 5.97. The van der Waals surface area contributed by atoms with E-state index in [1.807, 2.05) is 12.1 Å². The number of piperidine rings is 1. The van der Waals surface area contributed by atoms with E-state index in [-0.39, 0.29) is 0 Å². The molecule has 0 N–H and O–H groups in total. The van der Waals surface area contributed by atoms with Crippen LogP contribution in [0, 0.1) is 5.41 Å². The van der Waals surface area contributed by atoms with Crippen molar-refractivity contribution >= 4 is 23.2 Å². The molecule has 4 heteroatoms. The van der Waals surface area contributed by atoms with Crippen LogP contribution in [0.5, 0.6) is 5.75 Å². The van der Waals surface area contributed by atoms with E-state index in [9.17, 15) is 0 Å². The van der Waals surface area contributed by atoms with Crippen molar-refractivity contribution < 1.29 is 4.74 Å². The first kappa shape index (κ1) is 15.5. The van der Waals surface area contributed by atoms with Crippen molar-refractivity contribution in [3.63, 3.8) is 0 Å². The first-order valence-electron chi connectivity index (χ1n) is 7.87. The summed E-state index contributed by atoms with van der Waals surface area (Å²) in [5.41, 5.74) is 0.587. The maximum Gasteiger partial charge on any atom is 0.121 e. The van der Waals surface area contributed by atoms with Crippen molar-refractivity contribution in [1.82, 2.24) is 4.90 Å². The van der Waals surface area contributed by atoms with Crippen LogP contribution >= 0.6 is 23.2 Å². The van der Waals surface area contributed by atoms with Crippen LogP contribution in [0.1, 0.15) is 38.5 Å². The summed E-state index contributed by atoms with van der Waals surface area (Å²) >= 11 is 12.0. The first-order chi connectivity index (χ1) is 10.1. The van der Waals surface area contributed by atoms with Crippen LogP contribution in [0.25, 0.3) is 0 Å². The van der Waals surface area contributed by atoms with E-state index in [1.165, 1.54) is 38.8 Å². The third-order valence-electron chi connectivity index (χ3n) is 5.23. The van der Waals surface area contributed by atoms with Crippen LogP contribution in [0.2, 0.25) is 10.0 Å². The average Bonchev–Trinajstić information content (AvgIpc) is 2.49. The molecule has 116 valence electrons. The molecule has 1 aromatic carbocycles. The monoisotopic (exact) mass is 327 g/mol. The van der Waals surface area contributed by atoms with Gasteiger partial charge in [0.05, 0.1) is 16.1 Å². The van der Waals surface area contributed by atoms with Gasteiger partial charge in [0.1, 0.15) is 5.75 Å². The molecule has 0 atom stereocenters. The average molecular weight is 328 g/mol. The Morgan fingerprint density at radius 1 is 1.05 bits per heavy atom. The molecule has 1 aromatic rings. The number of hydrogen-bond acceptors (Lipinski definition) is 2. The van der Waals surface area contributed by atoms with Crippen LogP contribution < -0.4 is 4.74 Å². The van der Waals surface area contributed by atoms with E-state index < -0.39 is 0 Å². The summed E-state index contributed by atoms with van der Waals surface area (Å²) in [6.07, 6.45) is 7.94. The second-order valence-corrected chi connectivity index (χ2v) is 7.51. The highest BCUT2D eigenvalue weighted by atomic mass is 35.5. The second-order valence-electron chi connectivity index (χ2n) is 6.70. The Bertz CT molecular complexity index is 488. The highest BCUT2D eigenvalue weighted by Crippen LogP contribution is 2.45. The summed E-state index contributed by atoms with van der Waals surface area (Å²) in [5, 5.41) is 1.15. The zero-order valence-corrected chi connectivity index (χ0v) is 14.1. The highest BCUT2D eigenvalue weighted by molar-refractivity contribution is 6.42. The van der Waals surface area contributed by atoms with Gasteiger partial charge in [0.15, 0.2) is 0 Å². The van der Waals surface area contributed by atoms with Crippen molar-refractivity contribution in [1.29, 1.82) is 0 Å². The lowest BCUT2D eigenvalue weighted by Gasteiger charge is -2.45. The Balaban J connectivity index is 1.55. The molecular formula is C17H23Cl2NO. The summed E-state index contributed by atoms with van der Waals surface area (Å²) in [6.45, 7) is 2.50. The number of likely N-dealkylation sites (tertiary alicyclic amines) is 1. The van der Waals surface area contributed by atoms with Gasteiger partial charge in [0.2, 0.25) is 0 Å². The minimum atomic E-state index is 0.326. The molecule has 2 nitrogen and oxygen atoms in total. The molecule has 0 radical (unpaired) electrons. The second kappa shape index (κ2) is 6.36. The molecule has 2 fully saturated rings.